The van der Waals surface area contributed by atoms with Crippen LogP contribution in [0.5, 0.6) is 0 Å². The van der Waals surface area contributed by atoms with Gasteiger partial charge in [0.1, 0.15) is 0 Å². The smallest absolute Gasteiger partial charge is 0.240 e. The van der Waals surface area contributed by atoms with Gasteiger partial charge in [-0.1, -0.05) is 17.7 Å². The molecular weight excluding hydrogens is 316 g/mol. The molecule has 7 heteroatoms. The Hall–Kier alpha value is -0.990. The first-order chi connectivity index (χ1) is 10.9. The van der Waals surface area contributed by atoms with Gasteiger partial charge >= 0.3 is 0 Å². The minimum Gasteiger partial charge on any atom is -0.394 e. The predicted molar refractivity (Wildman–Crippen MR) is 88.6 cm³/mol. The molecule has 6 nitrogen and oxygen atoms in total. The van der Waals surface area contributed by atoms with Crippen molar-refractivity contribution in [1.29, 1.82) is 0 Å². The van der Waals surface area contributed by atoms with Crippen LogP contribution in [-0.2, 0) is 10.0 Å². The highest BCUT2D eigenvalue weighted by Crippen LogP contribution is 2.17. The molecule has 0 saturated carbocycles. The molecule has 0 aromatic heterocycles. The van der Waals surface area contributed by atoms with Crippen LogP contribution < -0.4 is 4.72 Å². The molecule has 0 bridgehead atoms. The lowest BCUT2D eigenvalue weighted by Gasteiger charge is -2.33. The molecule has 1 saturated heterocycles. The van der Waals surface area contributed by atoms with Crippen molar-refractivity contribution < 1.29 is 18.6 Å². The number of benzene rings is 1. The number of hydrogen-bond acceptors (Lipinski definition) is 5. The largest absolute Gasteiger partial charge is 0.394 e. The fourth-order valence-corrected chi connectivity index (χ4v) is 3.98. The van der Waals surface area contributed by atoms with Crippen LogP contribution in [0.2, 0.25) is 0 Å². The van der Waals surface area contributed by atoms with Crippen LogP contribution in [0.15, 0.2) is 29.2 Å². The Balaban J connectivity index is 1.88. The highest BCUT2D eigenvalue weighted by molar-refractivity contribution is 7.89. The lowest BCUT2D eigenvalue weighted by Crippen LogP contribution is -2.44. The highest BCUT2D eigenvalue weighted by atomic mass is 32.2. The van der Waals surface area contributed by atoms with E-state index in [0.717, 1.165) is 31.5 Å². The number of nitrogens with one attached hydrogen (secondary N) is 1. The summed E-state index contributed by atoms with van der Waals surface area (Å²) in [6.45, 7) is 4.09. The summed E-state index contributed by atoms with van der Waals surface area (Å²) in [4.78, 5) is 2.36. The zero-order chi connectivity index (χ0) is 16.9. The van der Waals surface area contributed by atoms with Crippen molar-refractivity contribution in [2.45, 2.75) is 30.8 Å². The summed E-state index contributed by atoms with van der Waals surface area (Å²) in [7, 11) is -3.48. The zero-order valence-corrected chi connectivity index (χ0v) is 14.3. The maximum Gasteiger partial charge on any atom is 0.240 e. The number of nitrogens with zero attached hydrogens (tertiary/aromatic N) is 1. The molecule has 130 valence electrons. The molecule has 0 amide bonds. The average Bonchev–Trinajstić information content (AvgIpc) is 2.54. The van der Waals surface area contributed by atoms with Crippen molar-refractivity contribution in [3.63, 3.8) is 0 Å². The lowest BCUT2D eigenvalue weighted by atomic mass is 9.98. The predicted octanol–water partition coefficient (Wildman–Crippen LogP) is 0.339. The minimum atomic E-state index is -3.48. The molecule has 1 aromatic rings. The molecule has 0 radical (unpaired) electrons. The summed E-state index contributed by atoms with van der Waals surface area (Å²) in [5.41, 5.74) is 1.02. The van der Waals surface area contributed by atoms with Gasteiger partial charge in [0.25, 0.3) is 0 Å². The number of aryl methyl sites for hydroxylation is 1. The second-order valence-corrected chi connectivity index (χ2v) is 8.04. The molecule has 1 unspecified atom stereocenters. The second kappa shape index (κ2) is 8.21. The molecule has 1 heterocycles. The maximum absolute atomic E-state index is 12.3. The summed E-state index contributed by atoms with van der Waals surface area (Å²) in [5, 5.41) is 18.4. The molecular formula is C16H26N2O4S. The topological polar surface area (TPSA) is 89.9 Å². The molecule has 23 heavy (non-hydrogen) atoms. The third-order valence-electron chi connectivity index (χ3n) is 4.18. The van der Waals surface area contributed by atoms with Crippen LogP contribution in [0.25, 0.3) is 0 Å². The van der Waals surface area contributed by atoms with Gasteiger partial charge in [-0.05, 0) is 44.4 Å². The van der Waals surface area contributed by atoms with Gasteiger partial charge in [-0.15, -0.1) is 0 Å². The van der Waals surface area contributed by atoms with Crippen molar-refractivity contribution >= 4 is 10.0 Å². The van der Waals surface area contributed by atoms with Crippen molar-refractivity contribution in [2.75, 3.05) is 32.8 Å². The number of piperidine rings is 1. The van der Waals surface area contributed by atoms with E-state index in [1.54, 1.807) is 24.3 Å². The van der Waals surface area contributed by atoms with Gasteiger partial charge in [0.05, 0.1) is 17.6 Å². The highest BCUT2D eigenvalue weighted by Gasteiger charge is 2.23. The van der Waals surface area contributed by atoms with Crippen LogP contribution in [-0.4, -0.2) is 62.4 Å². The van der Waals surface area contributed by atoms with Crippen LogP contribution in [0.1, 0.15) is 18.4 Å². The number of sulfonamides is 1. The first kappa shape index (κ1) is 18.4. The van der Waals surface area contributed by atoms with E-state index in [0.29, 0.717) is 13.1 Å². The van der Waals surface area contributed by atoms with Crippen LogP contribution in [0.3, 0.4) is 0 Å². The van der Waals surface area contributed by atoms with Gasteiger partial charge in [0.2, 0.25) is 10.0 Å². The number of hydrogen-bond donors (Lipinski definition) is 3. The third-order valence-corrected chi connectivity index (χ3v) is 5.62. The second-order valence-electron chi connectivity index (χ2n) is 6.27. The molecule has 3 N–H and O–H groups in total. The van der Waals surface area contributed by atoms with Crippen LogP contribution >= 0.6 is 0 Å². The number of rotatable bonds is 7. The van der Waals surface area contributed by atoms with Crippen LogP contribution in [0.4, 0.5) is 0 Å². The average molecular weight is 342 g/mol. The van der Waals surface area contributed by atoms with E-state index in [-0.39, 0.29) is 17.4 Å². The van der Waals surface area contributed by atoms with E-state index in [2.05, 4.69) is 9.62 Å². The van der Waals surface area contributed by atoms with Gasteiger partial charge in [-0.3, -0.25) is 0 Å². The maximum atomic E-state index is 12.3. The van der Waals surface area contributed by atoms with Crippen molar-refractivity contribution in [3.8, 4) is 0 Å². The Kier molecular flexibility index (Phi) is 6.55. The van der Waals surface area contributed by atoms with E-state index >= 15 is 0 Å². The Morgan fingerprint density at radius 3 is 2.70 bits per heavy atom. The van der Waals surface area contributed by atoms with E-state index in [1.165, 1.54) is 0 Å². The molecule has 1 aromatic carbocycles. The van der Waals surface area contributed by atoms with Crippen molar-refractivity contribution in [1.82, 2.24) is 9.62 Å². The van der Waals surface area contributed by atoms with E-state index in [4.69, 9.17) is 5.11 Å². The number of aliphatic hydroxyl groups is 2. The summed E-state index contributed by atoms with van der Waals surface area (Å²) in [6, 6.07) is 6.80. The third kappa shape index (κ3) is 5.54. The van der Waals surface area contributed by atoms with Gasteiger partial charge in [0, 0.05) is 19.6 Å². The Morgan fingerprint density at radius 1 is 1.35 bits per heavy atom. The van der Waals surface area contributed by atoms with Crippen molar-refractivity contribution in [2.24, 2.45) is 5.92 Å². The van der Waals surface area contributed by atoms with E-state index in [1.807, 2.05) is 6.92 Å². The first-order valence-corrected chi connectivity index (χ1v) is 9.46. The molecule has 1 fully saturated rings. The summed E-state index contributed by atoms with van der Waals surface area (Å²) < 4.78 is 27.3. The Labute approximate surface area is 138 Å². The lowest BCUT2D eigenvalue weighted by molar-refractivity contribution is 0.0450. The number of β-amino-alcohol motifs (C(OH)–C–C–N with tert-alkyl or cyclic N) is 1. The quantitative estimate of drug-likeness (QED) is 0.665. The molecule has 0 spiro atoms. The minimum absolute atomic E-state index is 0.217. The Morgan fingerprint density at radius 2 is 2.04 bits per heavy atom. The summed E-state index contributed by atoms with van der Waals surface area (Å²) in [5.74, 6) is 0.217. The molecule has 2 atom stereocenters. The molecule has 0 aliphatic carbocycles. The SMILES string of the molecule is Cc1ccc(S(=O)(=O)NCC2CCCN(C[C@H](O)CO)C2)cc1. The molecule has 1 aliphatic heterocycles. The number of aliphatic hydroxyl groups excluding tert-OH is 2. The fraction of sp³-hybridized carbons (Fsp3) is 0.625. The van der Waals surface area contributed by atoms with Gasteiger partial charge in [0.15, 0.2) is 0 Å². The monoisotopic (exact) mass is 342 g/mol. The van der Waals surface area contributed by atoms with Gasteiger partial charge < -0.3 is 15.1 Å². The molecule has 1 aliphatic rings. The Bertz CT molecular complexity index is 589. The first-order valence-electron chi connectivity index (χ1n) is 7.98. The van der Waals surface area contributed by atoms with E-state index < -0.39 is 16.1 Å². The summed E-state index contributed by atoms with van der Waals surface area (Å²) >= 11 is 0. The van der Waals surface area contributed by atoms with Gasteiger partial charge in [-0.25, -0.2) is 13.1 Å². The number of likely N-dealkylation sites (tertiary alicyclic amines) is 1. The van der Waals surface area contributed by atoms with E-state index in [9.17, 15) is 13.5 Å². The summed E-state index contributed by atoms with van der Waals surface area (Å²) in [6.07, 6.45) is 1.19. The fourth-order valence-electron chi connectivity index (χ4n) is 2.87. The zero-order valence-electron chi connectivity index (χ0n) is 13.5. The molecule has 2 rings (SSSR count). The normalized spacial score (nSPS) is 21.3. The van der Waals surface area contributed by atoms with Crippen LogP contribution in [0, 0.1) is 12.8 Å². The van der Waals surface area contributed by atoms with Crippen molar-refractivity contribution in [3.05, 3.63) is 29.8 Å². The standard InChI is InChI=1S/C16H26N2O4S/c1-13-4-6-16(7-5-13)23(21,22)17-9-14-3-2-8-18(10-14)11-15(20)12-19/h4-7,14-15,17,19-20H,2-3,8-12H2,1H3/t14?,15-/m0/s1. The van der Waals surface area contributed by atoms with Gasteiger partial charge in [-0.2, -0.15) is 0 Å².